The first-order valence-corrected chi connectivity index (χ1v) is 13.8. The van der Waals surface area contributed by atoms with E-state index in [4.69, 9.17) is 16.3 Å². The van der Waals surface area contributed by atoms with Gasteiger partial charge in [-0.25, -0.2) is 14.4 Å². The maximum atomic E-state index is 16.2. The summed E-state index contributed by atoms with van der Waals surface area (Å²) < 4.78 is 21.5. The van der Waals surface area contributed by atoms with Crippen LogP contribution in [0.3, 0.4) is 0 Å². The fourth-order valence-electron chi connectivity index (χ4n) is 5.90. The van der Waals surface area contributed by atoms with E-state index in [9.17, 15) is 4.79 Å². The van der Waals surface area contributed by atoms with Gasteiger partial charge in [-0.2, -0.15) is 9.97 Å². The summed E-state index contributed by atoms with van der Waals surface area (Å²) >= 11 is 6.51. The Morgan fingerprint density at radius 3 is 2.60 bits per heavy atom. The van der Waals surface area contributed by atoms with Crippen LogP contribution in [0.4, 0.5) is 10.2 Å². The molecule has 210 valence electrons. The van der Waals surface area contributed by atoms with Gasteiger partial charge in [0.25, 0.3) is 0 Å². The van der Waals surface area contributed by atoms with E-state index in [0.717, 1.165) is 10.8 Å². The summed E-state index contributed by atoms with van der Waals surface area (Å²) in [6, 6.07) is 13.0. The summed E-state index contributed by atoms with van der Waals surface area (Å²) in [5, 5.41) is 2.63. The summed E-state index contributed by atoms with van der Waals surface area (Å²) in [6.07, 6.45) is 6.53. The Bertz CT molecular complexity index is 1910. The molecular formula is C31H25ClFN7O2. The number of rotatable bonds is 5. The maximum absolute atomic E-state index is 16.2. The third-order valence-electron chi connectivity index (χ3n) is 7.85. The fourth-order valence-corrected chi connectivity index (χ4v) is 6.18. The van der Waals surface area contributed by atoms with Crippen LogP contribution in [0.1, 0.15) is 11.5 Å². The number of hydrogen-bond acceptors (Lipinski definition) is 8. The quantitative estimate of drug-likeness (QED) is 0.264. The number of likely N-dealkylation sites (tertiary alicyclic amines) is 1. The Labute approximate surface area is 245 Å². The normalized spacial score (nSPS) is 15.8. The molecule has 2 fully saturated rings. The van der Waals surface area contributed by atoms with Crippen LogP contribution in [0.25, 0.3) is 39.0 Å². The van der Waals surface area contributed by atoms with Crippen molar-refractivity contribution < 1.29 is 13.9 Å². The fraction of sp³-hybridized carbons (Fsp3) is 0.226. The number of anilines is 1. The molecule has 1 spiro atoms. The van der Waals surface area contributed by atoms with Crippen LogP contribution in [-0.4, -0.2) is 69.0 Å². The maximum Gasteiger partial charge on any atom is 0.318 e. The standard InChI is InChI=1S/C31H25ClFN7O2/c1-18-34-12-11-20(36-18)9-10-24(41)39-14-31(15-39)16-40(17-31)29-22-13-35-27(26(33)28(22)37-30(38-29)42-2)21-7-3-5-19-6-4-8-23(32)25(19)21/h3-13H,14-17H2,1-2H3/b10-9+. The van der Waals surface area contributed by atoms with Crippen LogP contribution in [0.5, 0.6) is 6.01 Å². The minimum atomic E-state index is -0.566. The number of pyridine rings is 1. The molecule has 0 N–H and O–H groups in total. The minimum Gasteiger partial charge on any atom is -0.467 e. The molecule has 0 bridgehead atoms. The summed E-state index contributed by atoms with van der Waals surface area (Å²) in [6.45, 7) is 4.41. The summed E-state index contributed by atoms with van der Waals surface area (Å²) in [5.74, 6) is 0.584. The van der Waals surface area contributed by atoms with Crippen LogP contribution < -0.4 is 9.64 Å². The Morgan fingerprint density at radius 2 is 1.83 bits per heavy atom. The number of aryl methyl sites for hydroxylation is 1. The van der Waals surface area contributed by atoms with Crippen LogP contribution in [-0.2, 0) is 4.79 Å². The number of hydrogen-bond donors (Lipinski definition) is 0. The zero-order valence-corrected chi connectivity index (χ0v) is 23.6. The topological polar surface area (TPSA) is 97.2 Å². The lowest BCUT2D eigenvalue weighted by Crippen LogP contribution is -2.73. The van der Waals surface area contributed by atoms with Gasteiger partial charge in [0.2, 0.25) is 5.91 Å². The van der Waals surface area contributed by atoms with E-state index in [0.29, 0.717) is 59.5 Å². The summed E-state index contributed by atoms with van der Waals surface area (Å²) in [5.41, 5.74) is 1.53. The second kappa shape index (κ2) is 9.99. The van der Waals surface area contributed by atoms with E-state index in [1.165, 1.54) is 7.11 Å². The lowest BCUT2D eigenvalue weighted by molar-refractivity contribution is -0.139. The number of aromatic nitrogens is 5. The first-order chi connectivity index (χ1) is 20.3. The Kier molecular flexibility index (Phi) is 6.23. The molecule has 9 nitrogen and oxygen atoms in total. The number of benzene rings is 2. The molecule has 0 unspecified atom stereocenters. The van der Waals surface area contributed by atoms with Crippen molar-refractivity contribution in [3.8, 4) is 17.3 Å². The number of amides is 1. The van der Waals surface area contributed by atoms with Gasteiger partial charge in [0.05, 0.1) is 18.2 Å². The van der Waals surface area contributed by atoms with E-state index >= 15 is 4.39 Å². The zero-order chi connectivity index (χ0) is 29.0. The Morgan fingerprint density at radius 1 is 1.05 bits per heavy atom. The molecule has 1 amide bonds. The monoisotopic (exact) mass is 581 g/mol. The molecule has 3 aromatic heterocycles. The van der Waals surface area contributed by atoms with Gasteiger partial charge >= 0.3 is 6.01 Å². The third-order valence-corrected chi connectivity index (χ3v) is 8.16. The van der Waals surface area contributed by atoms with Crippen molar-refractivity contribution >= 4 is 51.1 Å². The van der Waals surface area contributed by atoms with Gasteiger partial charge in [-0.15, -0.1) is 0 Å². The molecule has 2 aromatic carbocycles. The van der Waals surface area contributed by atoms with Gasteiger partial charge in [0.1, 0.15) is 22.9 Å². The molecule has 11 heteroatoms. The molecule has 0 aliphatic carbocycles. The van der Waals surface area contributed by atoms with Crippen molar-refractivity contribution in [3.05, 3.63) is 83.3 Å². The smallest absolute Gasteiger partial charge is 0.318 e. The van der Waals surface area contributed by atoms with Crippen molar-refractivity contribution in [2.75, 3.05) is 38.2 Å². The highest BCUT2D eigenvalue weighted by Crippen LogP contribution is 2.44. The SMILES string of the molecule is COc1nc(N2CC3(CN(C(=O)/C=C/c4ccnc(C)n4)C3)C2)c2cnc(-c3cccc4cccc(Cl)c34)c(F)c2n1. The lowest BCUT2D eigenvalue weighted by Gasteiger charge is -2.60. The Hall–Kier alpha value is -4.70. The van der Waals surface area contributed by atoms with E-state index in [2.05, 4.69) is 29.8 Å². The molecule has 0 saturated carbocycles. The molecule has 7 rings (SSSR count). The van der Waals surface area contributed by atoms with Crippen molar-refractivity contribution in [1.29, 1.82) is 0 Å². The largest absolute Gasteiger partial charge is 0.467 e. The number of nitrogens with zero attached hydrogens (tertiary/aromatic N) is 7. The molecule has 0 radical (unpaired) electrons. The van der Waals surface area contributed by atoms with Gasteiger partial charge in [0.15, 0.2) is 5.82 Å². The first kappa shape index (κ1) is 26.2. The van der Waals surface area contributed by atoms with E-state index in [1.54, 1.807) is 42.7 Å². The molecule has 2 aliphatic rings. The predicted molar refractivity (Wildman–Crippen MR) is 159 cm³/mol. The van der Waals surface area contributed by atoms with Crippen molar-refractivity contribution in [2.24, 2.45) is 5.41 Å². The van der Waals surface area contributed by atoms with Gasteiger partial charge in [-0.05, 0) is 30.5 Å². The molecule has 2 saturated heterocycles. The highest BCUT2D eigenvalue weighted by Gasteiger charge is 2.53. The summed E-state index contributed by atoms with van der Waals surface area (Å²) in [7, 11) is 1.46. The molecule has 5 heterocycles. The average Bonchev–Trinajstić information content (AvgIpc) is 2.95. The van der Waals surface area contributed by atoms with Gasteiger partial charge < -0.3 is 14.5 Å². The van der Waals surface area contributed by atoms with E-state index < -0.39 is 5.82 Å². The van der Waals surface area contributed by atoms with Crippen LogP contribution in [0.15, 0.2) is 60.9 Å². The zero-order valence-electron chi connectivity index (χ0n) is 22.9. The number of halogens is 2. The van der Waals surface area contributed by atoms with Crippen molar-refractivity contribution in [1.82, 2.24) is 29.8 Å². The molecular weight excluding hydrogens is 557 g/mol. The second-order valence-corrected chi connectivity index (χ2v) is 11.2. The number of fused-ring (bicyclic) bond motifs is 2. The van der Waals surface area contributed by atoms with E-state index in [-0.39, 0.29) is 28.5 Å². The minimum absolute atomic E-state index is 0.0366. The summed E-state index contributed by atoms with van der Waals surface area (Å²) in [4.78, 5) is 38.4. The molecule has 42 heavy (non-hydrogen) atoms. The predicted octanol–water partition coefficient (Wildman–Crippen LogP) is 5.11. The van der Waals surface area contributed by atoms with Crippen LogP contribution in [0.2, 0.25) is 5.02 Å². The number of ether oxygens (including phenoxy) is 1. The highest BCUT2D eigenvalue weighted by molar-refractivity contribution is 6.36. The number of carbonyl (C=O) groups excluding carboxylic acids is 1. The second-order valence-electron chi connectivity index (χ2n) is 10.8. The molecule has 5 aromatic rings. The van der Waals surface area contributed by atoms with Gasteiger partial charge in [-0.3, -0.25) is 9.78 Å². The molecule has 2 aliphatic heterocycles. The van der Waals surface area contributed by atoms with Crippen LogP contribution >= 0.6 is 11.6 Å². The lowest BCUT2D eigenvalue weighted by atomic mass is 9.72. The van der Waals surface area contributed by atoms with Gasteiger partial charge in [-0.1, -0.05) is 41.9 Å². The number of methoxy groups -OCH3 is 1. The van der Waals surface area contributed by atoms with E-state index in [1.807, 2.05) is 36.1 Å². The van der Waals surface area contributed by atoms with Crippen molar-refractivity contribution in [2.45, 2.75) is 6.92 Å². The average molecular weight is 582 g/mol. The van der Waals surface area contributed by atoms with Crippen LogP contribution in [0, 0.1) is 18.2 Å². The third kappa shape index (κ3) is 4.39. The Balaban J connectivity index is 1.13. The molecule has 0 atom stereocenters. The van der Waals surface area contributed by atoms with Crippen molar-refractivity contribution in [3.63, 3.8) is 0 Å². The first-order valence-electron chi connectivity index (χ1n) is 13.4. The highest BCUT2D eigenvalue weighted by atomic mass is 35.5. The number of carbonyl (C=O) groups is 1. The van der Waals surface area contributed by atoms with Gasteiger partial charge in [0, 0.05) is 66.0 Å².